The molecule has 0 unspecified atom stereocenters. The number of benzene rings is 1. The minimum atomic E-state index is -1.29. The second kappa shape index (κ2) is 10.7. The maximum absolute atomic E-state index is 12.5. The van der Waals surface area contributed by atoms with E-state index in [1.165, 1.54) is 21.0 Å². The lowest BCUT2D eigenvalue weighted by Gasteiger charge is -2.25. The molecule has 0 fully saturated rings. The van der Waals surface area contributed by atoms with Crippen molar-refractivity contribution in [3.05, 3.63) is 60.4 Å². The zero-order valence-electron chi connectivity index (χ0n) is 19.7. The van der Waals surface area contributed by atoms with E-state index in [9.17, 15) is 14.4 Å². The van der Waals surface area contributed by atoms with E-state index in [1.807, 2.05) is 23.6 Å². The van der Waals surface area contributed by atoms with Crippen LogP contribution in [-0.4, -0.2) is 53.1 Å². The number of carbonyl (C=O) groups is 3. The van der Waals surface area contributed by atoms with Gasteiger partial charge < -0.3 is 30.0 Å². The van der Waals surface area contributed by atoms with Crippen LogP contribution in [0, 0.1) is 0 Å². The van der Waals surface area contributed by atoms with Crippen LogP contribution in [0.1, 0.15) is 26.3 Å². The van der Waals surface area contributed by atoms with Crippen LogP contribution in [0.3, 0.4) is 0 Å². The molecule has 0 saturated heterocycles. The van der Waals surface area contributed by atoms with E-state index >= 15 is 0 Å². The van der Waals surface area contributed by atoms with Gasteiger partial charge in [-0.3, -0.25) is 14.4 Å². The molecule has 2 aromatic rings. The standard InChI is InChI=1S/C24H29N5O5/c1-16-5-6-17(14-34-16)19-8-7-18(13-20(19)33-4)27-21(30)22(31)28-24(2,3)23(32)26-10-12-29-11-9-25-15-29/h5-9,11,13,15H,10,12,14H2,1-4H3,(H,26,32)(H,27,30)(H,28,31). The predicted octanol–water partition coefficient (Wildman–Crippen LogP) is 1.86. The first-order valence-electron chi connectivity index (χ1n) is 10.8. The van der Waals surface area contributed by atoms with E-state index in [2.05, 4.69) is 20.9 Å². The molecule has 1 aromatic heterocycles. The molecule has 34 heavy (non-hydrogen) atoms. The zero-order valence-corrected chi connectivity index (χ0v) is 19.7. The van der Waals surface area contributed by atoms with Crippen LogP contribution in [0.4, 0.5) is 5.69 Å². The van der Waals surface area contributed by atoms with Gasteiger partial charge in [0.1, 0.15) is 17.9 Å². The zero-order chi connectivity index (χ0) is 24.7. The van der Waals surface area contributed by atoms with Crippen LogP contribution in [0.15, 0.2) is 54.8 Å². The van der Waals surface area contributed by atoms with E-state index < -0.39 is 23.3 Å². The Balaban J connectivity index is 1.57. The molecular weight excluding hydrogens is 438 g/mol. The summed E-state index contributed by atoms with van der Waals surface area (Å²) in [4.78, 5) is 41.3. The number of allylic oxidation sites excluding steroid dienone is 3. The lowest BCUT2D eigenvalue weighted by Crippen LogP contribution is -2.57. The number of carbonyl (C=O) groups excluding carboxylic acids is 3. The number of rotatable bonds is 8. The summed E-state index contributed by atoms with van der Waals surface area (Å²) in [5.74, 6) is -0.882. The average molecular weight is 468 g/mol. The number of methoxy groups -OCH3 is 1. The van der Waals surface area contributed by atoms with Crippen LogP contribution in [0.5, 0.6) is 5.75 Å². The summed E-state index contributed by atoms with van der Waals surface area (Å²) in [5, 5.41) is 7.75. The van der Waals surface area contributed by atoms with E-state index in [0.29, 0.717) is 31.1 Å². The Kier molecular flexibility index (Phi) is 7.72. The van der Waals surface area contributed by atoms with Crippen molar-refractivity contribution in [2.45, 2.75) is 32.9 Å². The predicted molar refractivity (Wildman–Crippen MR) is 127 cm³/mol. The van der Waals surface area contributed by atoms with Crippen molar-refractivity contribution in [1.29, 1.82) is 0 Å². The van der Waals surface area contributed by atoms with Gasteiger partial charge in [-0.15, -0.1) is 0 Å². The van der Waals surface area contributed by atoms with Crippen molar-refractivity contribution >= 4 is 29.0 Å². The van der Waals surface area contributed by atoms with Gasteiger partial charge in [-0.2, -0.15) is 0 Å². The minimum absolute atomic E-state index is 0.351. The first-order valence-corrected chi connectivity index (χ1v) is 10.8. The normalized spacial score (nSPS) is 13.2. The van der Waals surface area contributed by atoms with Gasteiger partial charge in [-0.05, 0) is 39.0 Å². The Morgan fingerprint density at radius 3 is 2.65 bits per heavy atom. The summed E-state index contributed by atoms with van der Waals surface area (Å²) in [6.45, 7) is 6.22. The average Bonchev–Trinajstić information content (AvgIpc) is 3.32. The lowest BCUT2D eigenvalue weighted by molar-refractivity contribution is -0.139. The highest BCUT2D eigenvalue weighted by molar-refractivity contribution is 6.40. The molecule has 1 aliphatic rings. The number of nitrogens with one attached hydrogen (secondary N) is 3. The van der Waals surface area contributed by atoms with Crippen LogP contribution in [0.25, 0.3) is 5.57 Å². The van der Waals surface area contributed by atoms with E-state index in [0.717, 1.165) is 16.9 Å². The second-order valence-electron chi connectivity index (χ2n) is 8.26. The molecule has 0 bridgehead atoms. The van der Waals surface area contributed by atoms with Gasteiger partial charge in [0.05, 0.1) is 19.2 Å². The van der Waals surface area contributed by atoms with E-state index in [-0.39, 0.29) is 0 Å². The van der Waals surface area contributed by atoms with Crippen LogP contribution in [-0.2, 0) is 25.7 Å². The molecular formula is C24H29N5O5. The monoisotopic (exact) mass is 467 g/mol. The number of hydrogen-bond acceptors (Lipinski definition) is 6. The van der Waals surface area contributed by atoms with Crippen LogP contribution in [0.2, 0.25) is 0 Å². The molecule has 0 saturated carbocycles. The van der Waals surface area contributed by atoms with Crippen molar-refractivity contribution < 1.29 is 23.9 Å². The highest BCUT2D eigenvalue weighted by Crippen LogP contribution is 2.31. The third-order valence-corrected chi connectivity index (χ3v) is 5.19. The third kappa shape index (κ3) is 6.25. The molecule has 10 heteroatoms. The fourth-order valence-electron chi connectivity index (χ4n) is 3.23. The Bertz CT molecular complexity index is 1120. The van der Waals surface area contributed by atoms with Crippen LogP contribution >= 0.6 is 0 Å². The smallest absolute Gasteiger partial charge is 0.313 e. The molecule has 3 amide bonds. The fraction of sp³-hybridized carbons (Fsp3) is 0.333. The van der Waals surface area contributed by atoms with Gasteiger partial charge in [0.25, 0.3) is 0 Å². The molecule has 1 aromatic carbocycles. The maximum Gasteiger partial charge on any atom is 0.313 e. The van der Waals surface area contributed by atoms with Gasteiger partial charge in [0.2, 0.25) is 5.91 Å². The summed E-state index contributed by atoms with van der Waals surface area (Å²) in [6.07, 6.45) is 8.89. The van der Waals surface area contributed by atoms with Crippen molar-refractivity contribution in [2.24, 2.45) is 0 Å². The fourth-order valence-corrected chi connectivity index (χ4v) is 3.23. The first-order chi connectivity index (χ1) is 16.2. The molecule has 0 spiro atoms. The third-order valence-electron chi connectivity index (χ3n) is 5.19. The van der Waals surface area contributed by atoms with Gasteiger partial charge in [-0.1, -0.05) is 6.08 Å². The Morgan fingerprint density at radius 2 is 2.00 bits per heavy atom. The number of hydrogen-bond donors (Lipinski definition) is 3. The van der Waals surface area contributed by atoms with Crippen molar-refractivity contribution in [1.82, 2.24) is 20.2 Å². The first kappa shape index (κ1) is 24.6. The number of ether oxygens (including phenoxy) is 2. The number of aromatic nitrogens is 2. The molecule has 1 aliphatic heterocycles. The lowest BCUT2D eigenvalue weighted by atomic mass is 10.0. The number of imidazole rings is 1. The summed E-state index contributed by atoms with van der Waals surface area (Å²) in [5.41, 5.74) is 0.845. The van der Waals surface area contributed by atoms with Crippen molar-refractivity contribution in [3.63, 3.8) is 0 Å². The highest BCUT2D eigenvalue weighted by atomic mass is 16.5. The van der Waals surface area contributed by atoms with Gasteiger partial charge in [0.15, 0.2) is 0 Å². The quantitative estimate of drug-likeness (QED) is 0.509. The molecule has 0 atom stereocenters. The van der Waals surface area contributed by atoms with Crippen molar-refractivity contribution in [3.8, 4) is 5.75 Å². The molecule has 3 N–H and O–H groups in total. The highest BCUT2D eigenvalue weighted by Gasteiger charge is 2.31. The Morgan fingerprint density at radius 1 is 1.21 bits per heavy atom. The number of nitrogens with zero attached hydrogens (tertiary/aromatic N) is 2. The van der Waals surface area contributed by atoms with Crippen LogP contribution < -0.4 is 20.7 Å². The summed E-state index contributed by atoms with van der Waals surface area (Å²) >= 11 is 0. The summed E-state index contributed by atoms with van der Waals surface area (Å²) in [7, 11) is 1.52. The number of anilines is 1. The topological polar surface area (TPSA) is 124 Å². The Hall–Kier alpha value is -4.08. The van der Waals surface area contributed by atoms with Gasteiger partial charge in [-0.25, -0.2) is 4.98 Å². The van der Waals surface area contributed by atoms with Gasteiger partial charge >= 0.3 is 11.8 Å². The minimum Gasteiger partial charge on any atom is -0.496 e. The summed E-state index contributed by atoms with van der Waals surface area (Å²) < 4.78 is 12.8. The molecule has 0 aliphatic carbocycles. The molecule has 10 nitrogen and oxygen atoms in total. The SMILES string of the molecule is COc1cc(NC(=O)C(=O)NC(C)(C)C(=O)NCCn2ccnc2)ccc1C1=CC=C(C)OC1. The van der Waals surface area contributed by atoms with Crippen molar-refractivity contribution in [2.75, 3.05) is 25.6 Å². The molecule has 0 radical (unpaired) electrons. The molecule has 2 heterocycles. The summed E-state index contributed by atoms with van der Waals surface area (Å²) in [6, 6.07) is 5.08. The second-order valence-corrected chi connectivity index (χ2v) is 8.26. The van der Waals surface area contributed by atoms with E-state index in [1.54, 1.807) is 36.9 Å². The molecule has 180 valence electrons. The van der Waals surface area contributed by atoms with E-state index in [4.69, 9.17) is 9.47 Å². The van der Waals surface area contributed by atoms with Gasteiger partial charge in [0, 0.05) is 48.4 Å². The maximum atomic E-state index is 12.5. The number of amides is 3. The molecule has 3 rings (SSSR count). The largest absolute Gasteiger partial charge is 0.496 e. The Labute approximate surface area is 198 Å².